The van der Waals surface area contributed by atoms with Crippen molar-refractivity contribution < 1.29 is 24.5 Å². The fourth-order valence-electron chi connectivity index (χ4n) is 3.04. The minimum Gasteiger partial charge on any atom is -0.494 e. The molecule has 1 aromatic carbocycles. The van der Waals surface area contributed by atoms with Gasteiger partial charge in [0, 0.05) is 12.8 Å². The molecule has 0 saturated heterocycles. The first-order chi connectivity index (χ1) is 13.0. The van der Waals surface area contributed by atoms with E-state index in [1.54, 1.807) is 0 Å². The number of aliphatic carboxylic acids is 2. The van der Waals surface area contributed by atoms with Crippen LogP contribution < -0.4 is 4.74 Å². The molecule has 0 spiro atoms. The molecule has 0 atom stereocenters. The van der Waals surface area contributed by atoms with Crippen LogP contribution in [0.1, 0.15) is 82.3 Å². The van der Waals surface area contributed by atoms with Crippen LogP contribution in [0.25, 0.3) is 0 Å². The normalized spacial score (nSPS) is 10.7. The van der Waals surface area contributed by atoms with Gasteiger partial charge in [-0.3, -0.25) is 9.59 Å². The summed E-state index contributed by atoms with van der Waals surface area (Å²) in [7, 11) is 0. The number of benzene rings is 1. The lowest BCUT2D eigenvalue weighted by molar-refractivity contribution is -0.138. The van der Waals surface area contributed by atoms with Crippen LogP contribution in [-0.4, -0.2) is 28.8 Å². The number of hydrogen-bond donors (Lipinski definition) is 2. The van der Waals surface area contributed by atoms with Crippen LogP contribution in [0, 0.1) is 0 Å². The summed E-state index contributed by atoms with van der Waals surface area (Å²) in [6.45, 7) is 2.86. The molecule has 0 aliphatic rings. The van der Waals surface area contributed by atoms with Gasteiger partial charge in [-0.2, -0.15) is 0 Å². The van der Waals surface area contributed by atoms with Gasteiger partial charge in [0.1, 0.15) is 5.75 Å². The van der Waals surface area contributed by atoms with Crippen molar-refractivity contribution in [3.63, 3.8) is 0 Å². The van der Waals surface area contributed by atoms with Gasteiger partial charge in [0.2, 0.25) is 0 Å². The number of unbranched alkanes of at least 4 members (excludes halogenated alkanes) is 5. The van der Waals surface area contributed by atoms with Crippen molar-refractivity contribution in [1.82, 2.24) is 0 Å². The first-order valence-corrected chi connectivity index (χ1v) is 10.2. The summed E-state index contributed by atoms with van der Waals surface area (Å²) in [6.07, 6.45) is 9.69. The van der Waals surface area contributed by atoms with Crippen LogP contribution in [0.4, 0.5) is 0 Å². The van der Waals surface area contributed by atoms with Gasteiger partial charge in [0.15, 0.2) is 0 Å². The Hall–Kier alpha value is -2.04. The minimum absolute atomic E-state index is 0.233. The fraction of sp³-hybridized carbons (Fsp3) is 0.636. The number of aryl methyl sites for hydroxylation is 2. The van der Waals surface area contributed by atoms with Crippen LogP contribution in [0.2, 0.25) is 0 Å². The third-order valence-corrected chi connectivity index (χ3v) is 4.62. The van der Waals surface area contributed by atoms with E-state index in [1.165, 1.54) is 11.1 Å². The van der Waals surface area contributed by atoms with E-state index in [-0.39, 0.29) is 12.8 Å². The zero-order valence-electron chi connectivity index (χ0n) is 16.5. The molecule has 0 heterocycles. The van der Waals surface area contributed by atoms with E-state index in [1.807, 2.05) is 6.07 Å². The minimum atomic E-state index is -0.733. The molecular weight excluding hydrogens is 344 g/mol. The molecule has 1 rings (SSSR count). The summed E-state index contributed by atoms with van der Waals surface area (Å²) in [6, 6.07) is 6.28. The summed E-state index contributed by atoms with van der Waals surface area (Å²) < 4.78 is 5.83. The molecule has 0 aromatic heterocycles. The lowest BCUT2D eigenvalue weighted by Gasteiger charge is -2.13. The molecule has 2 N–H and O–H groups in total. The maximum atomic E-state index is 10.6. The molecular formula is C22H34O5. The van der Waals surface area contributed by atoms with Crippen molar-refractivity contribution >= 4 is 11.9 Å². The zero-order chi connectivity index (χ0) is 19.9. The second-order valence-electron chi connectivity index (χ2n) is 7.04. The first kappa shape index (κ1) is 23.0. The van der Waals surface area contributed by atoms with Crippen molar-refractivity contribution in [3.8, 4) is 5.75 Å². The monoisotopic (exact) mass is 378 g/mol. The van der Waals surface area contributed by atoms with Crippen molar-refractivity contribution in [2.75, 3.05) is 6.61 Å². The molecule has 0 aliphatic heterocycles. The van der Waals surface area contributed by atoms with Crippen molar-refractivity contribution in [2.24, 2.45) is 0 Å². The van der Waals surface area contributed by atoms with E-state index in [0.717, 1.165) is 70.1 Å². The van der Waals surface area contributed by atoms with Crippen molar-refractivity contribution in [2.45, 2.75) is 84.0 Å². The van der Waals surface area contributed by atoms with E-state index in [4.69, 9.17) is 14.9 Å². The maximum Gasteiger partial charge on any atom is 0.303 e. The Labute approximate surface area is 162 Å². The second-order valence-corrected chi connectivity index (χ2v) is 7.04. The van der Waals surface area contributed by atoms with E-state index in [9.17, 15) is 9.59 Å². The van der Waals surface area contributed by atoms with Crippen molar-refractivity contribution in [1.29, 1.82) is 0 Å². The molecule has 0 aliphatic carbocycles. The quantitative estimate of drug-likeness (QED) is 0.384. The van der Waals surface area contributed by atoms with Gasteiger partial charge in [-0.1, -0.05) is 32.3 Å². The van der Waals surface area contributed by atoms with Gasteiger partial charge >= 0.3 is 11.9 Å². The van der Waals surface area contributed by atoms with E-state index in [2.05, 4.69) is 19.1 Å². The summed E-state index contributed by atoms with van der Waals surface area (Å²) in [5.74, 6) is -0.562. The molecule has 0 saturated carbocycles. The topological polar surface area (TPSA) is 83.8 Å². The molecule has 0 amide bonds. The van der Waals surface area contributed by atoms with Crippen molar-refractivity contribution in [3.05, 3.63) is 29.3 Å². The molecule has 0 unspecified atom stereocenters. The number of hydrogen-bond acceptors (Lipinski definition) is 3. The molecule has 5 heteroatoms. The number of rotatable bonds is 16. The number of carboxylic acid groups (broad SMARTS) is 2. The molecule has 5 nitrogen and oxygen atoms in total. The number of carbonyl (C=O) groups is 2. The highest BCUT2D eigenvalue weighted by Gasteiger charge is 2.07. The molecule has 0 fully saturated rings. The summed E-state index contributed by atoms with van der Waals surface area (Å²) in [5.41, 5.74) is 2.57. The number of ether oxygens (including phenoxy) is 1. The lowest BCUT2D eigenvalue weighted by Crippen LogP contribution is -2.01. The van der Waals surface area contributed by atoms with Gasteiger partial charge in [0.05, 0.1) is 6.61 Å². The molecule has 0 radical (unpaired) electrons. The van der Waals surface area contributed by atoms with E-state index >= 15 is 0 Å². The Bertz CT molecular complexity index is 568. The Kier molecular flexibility index (Phi) is 12.0. The van der Waals surface area contributed by atoms with E-state index in [0.29, 0.717) is 6.42 Å². The van der Waals surface area contributed by atoms with Gasteiger partial charge in [-0.05, 0) is 68.2 Å². The predicted molar refractivity (Wildman–Crippen MR) is 106 cm³/mol. The zero-order valence-corrected chi connectivity index (χ0v) is 16.5. The summed E-state index contributed by atoms with van der Waals surface area (Å²) >= 11 is 0. The summed E-state index contributed by atoms with van der Waals surface area (Å²) in [4.78, 5) is 21.2. The van der Waals surface area contributed by atoms with Crippen LogP contribution in [-0.2, 0) is 22.4 Å². The van der Waals surface area contributed by atoms with Gasteiger partial charge in [-0.25, -0.2) is 0 Å². The largest absolute Gasteiger partial charge is 0.494 e. The average Bonchev–Trinajstić information content (AvgIpc) is 2.62. The highest BCUT2D eigenvalue weighted by atomic mass is 16.5. The summed E-state index contributed by atoms with van der Waals surface area (Å²) in [5, 5.41) is 17.5. The fourth-order valence-corrected chi connectivity index (χ4v) is 3.04. The average molecular weight is 379 g/mol. The van der Waals surface area contributed by atoms with E-state index < -0.39 is 11.9 Å². The third-order valence-electron chi connectivity index (χ3n) is 4.62. The Morgan fingerprint density at radius 1 is 0.815 bits per heavy atom. The lowest BCUT2D eigenvalue weighted by atomic mass is 9.96. The maximum absolute atomic E-state index is 10.6. The predicted octanol–water partition coefficient (Wildman–Crippen LogP) is 5.24. The Morgan fingerprint density at radius 2 is 1.41 bits per heavy atom. The Balaban J connectivity index is 2.57. The smallest absolute Gasteiger partial charge is 0.303 e. The van der Waals surface area contributed by atoms with Gasteiger partial charge < -0.3 is 14.9 Å². The molecule has 27 heavy (non-hydrogen) atoms. The van der Waals surface area contributed by atoms with Gasteiger partial charge in [0.25, 0.3) is 0 Å². The van der Waals surface area contributed by atoms with Crippen LogP contribution in [0.5, 0.6) is 5.75 Å². The SMILES string of the molecule is CCCCOc1ccc(CCCCCC(=O)O)c(CCCCCC(=O)O)c1. The highest BCUT2D eigenvalue weighted by Crippen LogP contribution is 2.23. The third kappa shape index (κ3) is 11.3. The highest BCUT2D eigenvalue weighted by molar-refractivity contribution is 5.66. The molecule has 152 valence electrons. The second kappa shape index (κ2) is 14.1. The van der Waals surface area contributed by atoms with Crippen LogP contribution >= 0.6 is 0 Å². The number of carboxylic acids is 2. The van der Waals surface area contributed by atoms with Crippen LogP contribution in [0.3, 0.4) is 0 Å². The molecule has 0 bridgehead atoms. The first-order valence-electron chi connectivity index (χ1n) is 10.2. The van der Waals surface area contributed by atoms with Crippen LogP contribution in [0.15, 0.2) is 18.2 Å². The standard InChI is InChI=1S/C22H34O5/c1-2-3-16-27-20-15-14-18(10-6-4-8-12-21(23)24)19(17-20)11-7-5-9-13-22(25)26/h14-15,17H,2-13,16H2,1H3,(H,23,24)(H,25,26). The van der Waals surface area contributed by atoms with Gasteiger partial charge in [-0.15, -0.1) is 0 Å². The Morgan fingerprint density at radius 3 is 1.96 bits per heavy atom. The molecule has 1 aromatic rings.